The number of aliphatic hydroxyl groups is 1. The van der Waals surface area contributed by atoms with Crippen molar-refractivity contribution in [2.75, 3.05) is 35.0 Å². The Bertz CT molecular complexity index is 633. The molecule has 1 aromatic carbocycles. The SMILES string of the molecule is COC(=O)[C@]1([C@@H](O)c2ccc(OC)cc2)CO[C@@](C)(OC)[C@](C)(OC)O1. The molecule has 1 aromatic rings. The summed E-state index contributed by atoms with van der Waals surface area (Å²) in [5, 5.41) is 11.0. The van der Waals surface area contributed by atoms with Gasteiger partial charge in [-0.3, -0.25) is 0 Å². The van der Waals surface area contributed by atoms with Crippen LogP contribution in [0, 0.1) is 0 Å². The predicted molar refractivity (Wildman–Crippen MR) is 90.6 cm³/mol. The van der Waals surface area contributed by atoms with Gasteiger partial charge in [-0.2, -0.15) is 0 Å². The third-order valence-corrected chi connectivity index (χ3v) is 4.95. The van der Waals surface area contributed by atoms with E-state index < -0.39 is 29.2 Å². The fourth-order valence-electron chi connectivity index (χ4n) is 2.89. The molecule has 4 atom stereocenters. The highest BCUT2D eigenvalue weighted by Crippen LogP contribution is 2.45. The standard InChI is InChI=1S/C18H26O8/c1-16(23-5)17(2,24-6)26-18(11-25-16,15(20)22-4)14(19)12-7-9-13(21-3)10-8-12/h7-10,14,19H,11H2,1-6H3/t14-,16+,17+,18+/m0/s1. The number of carbonyl (C=O) groups is 1. The molecule has 0 amide bonds. The first-order chi connectivity index (χ1) is 12.2. The van der Waals surface area contributed by atoms with Crippen molar-refractivity contribution in [1.29, 1.82) is 0 Å². The Morgan fingerprint density at radius 1 is 1.08 bits per heavy atom. The normalized spacial score (nSPS) is 32.7. The number of ether oxygens (including phenoxy) is 6. The van der Waals surface area contributed by atoms with E-state index in [4.69, 9.17) is 28.4 Å². The number of benzene rings is 1. The summed E-state index contributed by atoms with van der Waals surface area (Å²) in [6, 6.07) is 6.60. The summed E-state index contributed by atoms with van der Waals surface area (Å²) >= 11 is 0. The molecule has 1 fully saturated rings. The van der Waals surface area contributed by atoms with Gasteiger partial charge in [0.05, 0.1) is 20.8 Å². The van der Waals surface area contributed by atoms with Gasteiger partial charge in [0.1, 0.15) is 11.9 Å². The van der Waals surface area contributed by atoms with Crippen LogP contribution in [0.1, 0.15) is 25.5 Å². The summed E-state index contributed by atoms with van der Waals surface area (Å²) < 4.78 is 32.6. The van der Waals surface area contributed by atoms with Gasteiger partial charge < -0.3 is 33.5 Å². The van der Waals surface area contributed by atoms with E-state index in [1.165, 1.54) is 28.4 Å². The minimum atomic E-state index is -1.84. The molecule has 1 N–H and O–H groups in total. The first-order valence-corrected chi connectivity index (χ1v) is 8.07. The highest BCUT2D eigenvalue weighted by molar-refractivity contribution is 5.81. The zero-order valence-electron chi connectivity index (χ0n) is 15.9. The molecule has 146 valence electrons. The van der Waals surface area contributed by atoms with Crippen LogP contribution in [0.5, 0.6) is 5.75 Å². The fourth-order valence-corrected chi connectivity index (χ4v) is 2.89. The Morgan fingerprint density at radius 3 is 2.12 bits per heavy atom. The molecule has 0 bridgehead atoms. The monoisotopic (exact) mass is 370 g/mol. The van der Waals surface area contributed by atoms with Gasteiger partial charge in [-0.25, -0.2) is 4.79 Å². The van der Waals surface area contributed by atoms with Crippen molar-refractivity contribution in [3.8, 4) is 5.75 Å². The van der Waals surface area contributed by atoms with Gasteiger partial charge >= 0.3 is 5.97 Å². The maximum Gasteiger partial charge on any atom is 0.343 e. The van der Waals surface area contributed by atoms with Gasteiger partial charge in [-0.15, -0.1) is 0 Å². The van der Waals surface area contributed by atoms with Crippen molar-refractivity contribution < 1.29 is 38.3 Å². The lowest BCUT2D eigenvalue weighted by Gasteiger charge is -2.53. The van der Waals surface area contributed by atoms with Gasteiger partial charge in [-0.05, 0) is 31.5 Å². The lowest BCUT2D eigenvalue weighted by atomic mass is 9.88. The van der Waals surface area contributed by atoms with Gasteiger partial charge in [0.15, 0.2) is 0 Å². The van der Waals surface area contributed by atoms with Crippen LogP contribution in [0.25, 0.3) is 0 Å². The Balaban J connectivity index is 2.47. The van der Waals surface area contributed by atoms with Crippen LogP contribution in [0.15, 0.2) is 24.3 Å². The molecular weight excluding hydrogens is 344 g/mol. The molecule has 0 saturated carbocycles. The van der Waals surface area contributed by atoms with E-state index in [1.807, 2.05) is 0 Å². The van der Waals surface area contributed by atoms with Gasteiger partial charge in [0, 0.05) is 14.2 Å². The van der Waals surface area contributed by atoms with Crippen LogP contribution < -0.4 is 4.74 Å². The van der Waals surface area contributed by atoms with Crippen molar-refractivity contribution >= 4 is 5.97 Å². The summed E-state index contributed by atoms with van der Waals surface area (Å²) in [6.07, 6.45) is -1.38. The number of carbonyl (C=O) groups excluding carboxylic acids is 1. The van der Waals surface area contributed by atoms with E-state index in [0.29, 0.717) is 11.3 Å². The topological polar surface area (TPSA) is 92.7 Å². The number of aliphatic hydroxyl groups excluding tert-OH is 1. The van der Waals surface area contributed by atoms with Crippen LogP contribution >= 0.6 is 0 Å². The van der Waals surface area contributed by atoms with Crippen LogP contribution in [-0.2, 0) is 28.5 Å². The smallest absolute Gasteiger partial charge is 0.343 e. The Kier molecular flexibility index (Phi) is 5.94. The lowest BCUT2D eigenvalue weighted by Crippen LogP contribution is -2.70. The average Bonchev–Trinajstić information content (AvgIpc) is 2.69. The summed E-state index contributed by atoms with van der Waals surface area (Å²) in [7, 11) is 5.58. The largest absolute Gasteiger partial charge is 0.497 e. The number of methoxy groups -OCH3 is 4. The third kappa shape index (κ3) is 3.19. The molecule has 1 heterocycles. The molecule has 0 spiro atoms. The first kappa shape index (κ1) is 20.6. The summed E-state index contributed by atoms with van der Waals surface area (Å²) in [5.74, 6) is -2.95. The molecule has 8 heteroatoms. The van der Waals surface area contributed by atoms with Gasteiger partial charge in [0.25, 0.3) is 0 Å². The molecule has 8 nitrogen and oxygen atoms in total. The molecule has 1 aliphatic rings. The second kappa shape index (κ2) is 7.50. The average molecular weight is 370 g/mol. The maximum absolute atomic E-state index is 12.6. The van der Waals surface area contributed by atoms with Crippen molar-refractivity contribution in [3.63, 3.8) is 0 Å². The first-order valence-electron chi connectivity index (χ1n) is 8.07. The van der Waals surface area contributed by atoms with E-state index in [0.717, 1.165) is 0 Å². The molecule has 1 aliphatic heterocycles. The number of esters is 1. The number of rotatable bonds is 6. The Hall–Kier alpha value is -1.71. The van der Waals surface area contributed by atoms with E-state index in [9.17, 15) is 9.90 Å². The zero-order valence-corrected chi connectivity index (χ0v) is 15.9. The molecule has 26 heavy (non-hydrogen) atoms. The van der Waals surface area contributed by atoms with Crippen molar-refractivity contribution in [2.24, 2.45) is 0 Å². The minimum Gasteiger partial charge on any atom is -0.497 e. The van der Waals surface area contributed by atoms with Crippen LogP contribution in [0.3, 0.4) is 0 Å². The summed E-state index contributed by atoms with van der Waals surface area (Å²) in [6.45, 7) is 2.89. The van der Waals surface area contributed by atoms with Crippen LogP contribution in [0.4, 0.5) is 0 Å². The summed E-state index contributed by atoms with van der Waals surface area (Å²) in [5.41, 5.74) is -1.41. The highest BCUT2D eigenvalue weighted by Gasteiger charge is 2.64. The predicted octanol–water partition coefficient (Wildman–Crippen LogP) is 1.41. The van der Waals surface area contributed by atoms with E-state index in [2.05, 4.69) is 0 Å². The fraction of sp³-hybridized carbons (Fsp3) is 0.611. The maximum atomic E-state index is 12.6. The quantitative estimate of drug-likeness (QED) is 0.752. The van der Waals surface area contributed by atoms with E-state index >= 15 is 0 Å². The number of hydrogen-bond acceptors (Lipinski definition) is 8. The molecule has 2 rings (SSSR count). The van der Waals surface area contributed by atoms with Gasteiger partial charge in [-0.1, -0.05) is 12.1 Å². The molecule has 0 unspecified atom stereocenters. The minimum absolute atomic E-state index is 0.295. The van der Waals surface area contributed by atoms with Gasteiger partial charge in [0.2, 0.25) is 17.2 Å². The lowest BCUT2D eigenvalue weighted by molar-refractivity contribution is -0.453. The Morgan fingerprint density at radius 2 is 1.65 bits per heavy atom. The second-order valence-corrected chi connectivity index (χ2v) is 6.25. The van der Waals surface area contributed by atoms with E-state index in [-0.39, 0.29) is 6.61 Å². The zero-order chi connectivity index (χ0) is 19.6. The van der Waals surface area contributed by atoms with Crippen molar-refractivity contribution in [1.82, 2.24) is 0 Å². The van der Waals surface area contributed by atoms with Crippen LogP contribution in [-0.4, -0.2) is 63.3 Å². The second-order valence-electron chi connectivity index (χ2n) is 6.25. The third-order valence-electron chi connectivity index (χ3n) is 4.95. The molecule has 1 saturated heterocycles. The number of hydrogen-bond donors (Lipinski definition) is 1. The van der Waals surface area contributed by atoms with Crippen molar-refractivity contribution in [3.05, 3.63) is 29.8 Å². The molecule has 0 aliphatic carbocycles. The highest BCUT2D eigenvalue weighted by atomic mass is 16.8. The summed E-state index contributed by atoms with van der Waals surface area (Å²) in [4.78, 5) is 12.6. The Labute approximate surface area is 152 Å². The van der Waals surface area contributed by atoms with Crippen LogP contribution in [0.2, 0.25) is 0 Å². The van der Waals surface area contributed by atoms with E-state index in [1.54, 1.807) is 38.1 Å². The van der Waals surface area contributed by atoms with Crippen molar-refractivity contribution in [2.45, 2.75) is 37.1 Å². The molecule has 0 radical (unpaired) electrons. The molecule has 0 aromatic heterocycles. The molecular formula is C18H26O8.